The molecule has 0 saturated carbocycles. The van der Waals surface area contributed by atoms with Gasteiger partial charge in [0.15, 0.2) is 0 Å². The molecule has 3 rings (SSSR count). The molecule has 0 aliphatic carbocycles. The molecule has 0 bridgehead atoms. The van der Waals surface area contributed by atoms with Gasteiger partial charge in [-0.15, -0.1) is 0 Å². The van der Waals surface area contributed by atoms with Gasteiger partial charge in [-0.05, 0) is 49.2 Å². The van der Waals surface area contributed by atoms with Crippen LogP contribution in [0.2, 0.25) is 0 Å². The summed E-state index contributed by atoms with van der Waals surface area (Å²) in [7, 11) is 3.55. The lowest BCUT2D eigenvalue weighted by atomic mass is 9.95. The smallest absolute Gasteiger partial charge is 0.253 e. The summed E-state index contributed by atoms with van der Waals surface area (Å²) in [6, 6.07) is 16.7. The van der Waals surface area contributed by atoms with Crippen molar-refractivity contribution in [2.24, 2.45) is 5.92 Å². The Morgan fingerprint density at radius 1 is 0.923 bits per heavy atom. The molecule has 2 aromatic carbocycles. The molecule has 1 aliphatic rings. The molecule has 26 heavy (non-hydrogen) atoms. The fraction of sp³-hybridized carbons (Fsp3) is 0.333. The van der Waals surface area contributed by atoms with Crippen molar-refractivity contribution in [2.45, 2.75) is 12.8 Å². The lowest BCUT2D eigenvalue weighted by Crippen LogP contribution is -2.42. The number of hydrogen-bond donors (Lipinski definition) is 0. The molecule has 0 aromatic heterocycles. The second kappa shape index (κ2) is 8.04. The van der Waals surface area contributed by atoms with Crippen molar-refractivity contribution in [1.29, 1.82) is 0 Å². The van der Waals surface area contributed by atoms with E-state index in [0.717, 1.165) is 18.6 Å². The Labute approximate surface area is 154 Å². The van der Waals surface area contributed by atoms with Crippen LogP contribution < -0.4 is 4.74 Å². The van der Waals surface area contributed by atoms with Crippen LogP contribution in [-0.2, 0) is 4.79 Å². The number of carbonyl (C=O) groups excluding carboxylic acids is 2. The van der Waals surface area contributed by atoms with Gasteiger partial charge in [-0.3, -0.25) is 9.59 Å². The first kappa shape index (κ1) is 18.0. The van der Waals surface area contributed by atoms with Gasteiger partial charge in [0, 0.05) is 38.7 Å². The van der Waals surface area contributed by atoms with Crippen molar-refractivity contribution >= 4 is 11.8 Å². The van der Waals surface area contributed by atoms with Gasteiger partial charge < -0.3 is 14.5 Å². The van der Waals surface area contributed by atoms with Crippen LogP contribution in [0.15, 0.2) is 54.6 Å². The summed E-state index contributed by atoms with van der Waals surface area (Å²) in [4.78, 5) is 28.2. The molecule has 0 atom stereocenters. The first-order chi connectivity index (χ1) is 12.5. The molecule has 0 spiro atoms. The number of carbonyl (C=O) groups is 2. The molecule has 0 N–H and O–H groups in total. The molecule has 0 unspecified atom stereocenters. The van der Waals surface area contributed by atoms with Gasteiger partial charge in [0.25, 0.3) is 5.91 Å². The number of benzene rings is 2. The molecule has 2 aromatic rings. The second-order valence-electron chi connectivity index (χ2n) is 6.74. The van der Waals surface area contributed by atoms with E-state index in [9.17, 15) is 9.59 Å². The summed E-state index contributed by atoms with van der Waals surface area (Å²) in [6.45, 7) is 1.23. The summed E-state index contributed by atoms with van der Waals surface area (Å²) in [5.41, 5.74) is 0.641. The van der Waals surface area contributed by atoms with E-state index in [1.54, 1.807) is 31.1 Å². The number of para-hydroxylation sites is 1. The maximum Gasteiger partial charge on any atom is 0.253 e. The molecule has 5 nitrogen and oxygen atoms in total. The molecule has 1 saturated heterocycles. The normalized spacial score (nSPS) is 14.8. The van der Waals surface area contributed by atoms with E-state index >= 15 is 0 Å². The zero-order valence-corrected chi connectivity index (χ0v) is 15.2. The Bertz CT molecular complexity index is 749. The summed E-state index contributed by atoms with van der Waals surface area (Å²) in [6.07, 6.45) is 1.44. The van der Waals surface area contributed by atoms with Crippen LogP contribution in [0.5, 0.6) is 11.5 Å². The Morgan fingerprint density at radius 3 is 2.08 bits per heavy atom. The molecular formula is C21H24N2O3. The minimum atomic E-state index is 0.00649. The lowest BCUT2D eigenvalue weighted by molar-refractivity contribution is -0.134. The van der Waals surface area contributed by atoms with Crippen LogP contribution in [0.25, 0.3) is 0 Å². The lowest BCUT2D eigenvalue weighted by Gasteiger charge is -2.32. The van der Waals surface area contributed by atoms with E-state index in [1.165, 1.54) is 0 Å². The molecule has 136 valence electrons. The highest BCUT2D eigenvalue weighted by Crippen LogP contribution is 2.23. The number of nitrogens with zero attached hydrogens (tertiary/aromatic N) is 2. The van der Waals surface area contributed by atoms with Crippen LogP contribution in [0.1, 0.15) is 23.2 Å². The summed E-state index contributed by atoms with van der Waals surface area (Å²) in [5, 5.41) is 0. The number of ether oxygens (including phenoxy) is 1. The number of piperidine rings is 1. The third kappa shape index (κ3) is 4.23. The molecule has 2 amide bonds. The van der Waals surface area contributed by atoms with E-state index in [2.05, 4.69) is 0 Å². The summed E-state index contributed by atoms with van der Waals surface area (Å²) >= 11 is 0. The fourth-order valence-corrected chi connectivity index (χ4v) is 3.17. The molecule has 1 fully saturated rings. The standard InChI is InChI=1S/C21H24N2O3/c1-22(2)20(24)17-12-14-23(15-13-17)21(25)16-8-10-19(11-9-16)26-18-6-4-3-5-7-18/h3-11,17H,12-15H2,1-2H3. The average Bonchev–Trinajstić information content (AvgIpc) is 2.68. The monoisotopic (exact) mass is 352 g/mol. The minimum absolute atomic E-state index is 0.00649. The van der Waals surface area contributed by atoms with Crippen LogP contribution in [0.4, 0.5) is 0 Å². The highest BCUT2D eigenvalue weighted by atomic mass is 16.5. The minimum Gasteiger partial charge on any atom is -0.457 e. The predicted molar refractivity (Wildman–Crippen MR) is 100 cm³/mol. The van der Waals surface area contributed by atoms with Crippen molar-refractivity contribution in [2.75, 3.05) is 27.2 Å². The third-order valence-corrected chi connectivity index (χ3v) is 4.65. The first-order valence-corrected chi connectivity index (χ1v) is 8.88. The third-order valence-electron chi connectivity index (χ3n) is 4.65. The van der Waals surface area contributed by atoms with Crippen LogP contribution in [0.3, 0.4) is 0 Å². The van der Waals surface area contributed by atoms with Gasteiger partial charge >= 0.3 is 0 Å². The average molecular weight is 352 g/mol. The molecule has 1 heterocycles. The number of amides is 2. The van der Waals surface area contributed by atoms with E-state index in [1.807, 2.05) is 47.4 Å². The van der Waals surface area contributed by atoms with Crippen molar-refractivity contribution < 1.29 is 14.3 Å². The van der Waals surface area contributed by atoms with Crippen molar-refractivity contribution in [3.8, 4) is 11.5 Å². The number of hydrogen-bond acceptors (Lipinski definition) is 3. The highest BCUT2D eigenvalue weighted by molar-refractivity contribution is 5.94. The molecule has 1 aliphatic heterocycles. The Kier molecular flexibility index (Phi) is 5.56. The van der Waals surface area contributed by atoms with Crippen molar-refractivity contribution in [1.82, 2.24) is 9.80 Å². The molecule has 0 radical (unpaired) electrons. The fourth-order valence-electron chi connectivity index (χ4n) is 3.17. The van der Waals surface area contributed by atoms with Crippen LogP contribution in [0, 0.1) is 5.92 Å². The maximum atomic E-state index is 12.7. The van der Waals surface area contributed by atoms with Gasteiger partial charge in [-0.2, -0.15) is 0 Å². The zero-order chi connectivity index (χ0) is 18.5. The van der Waals surface area contributed by atoms with E-state index in [-0.39, 0.29) is 17.7 Å². The largest absolute Gasteiger partial charge is 0.457 e. The van der Waals surface area contributed by atoms with Gasteiger partial charge in [0.05, 0.1) is 0 Å². The van der Waals surface area contributed by atoms with Crippen LogP contribution >= 0.6 is 0 Å². The highest BCUT2D eigenvalue weighted by Gasteiger charge is 2.28. The van der Waals surface area contributed by atoms with E-state index < -0.39 is 0 Å². The van der Waals surface area contributed by atoms with E-state index in [4.69, 9.17) is 4.74 Å². The van der Waals surface area contributed by atoms with E-state index in [0.29, 0.717) is 24.4 Å². The zero-order valence-electron chi connectivity index (χ0n) is 15.2. The topological polar surface area (TPSA) is 49.9 Å². The quantitative estimate of drug-likeness (QED) is 0.847. The summed E-state index contributed by atoms with van der Waals surface area (Å²) in [5.74, 6) is 1.64. The second-order valence-corrected chi connectivity index (χ2v) is 6.74. The SMILES string of the molecule is CN(C)C(=O)C1CCN(C(=O)c2ccc(Oc3ccccc3)cc2)CC1. The first-order valence-electron chi connectivity index (χ1n) is 8.88. The number of rotatable bonds is 4. The molecular weight excluding hydrogens is 328 g/mol. The van der Waals surface area contributed by atoms with Crippen molar-refractivity contribution in [3.05, 3.63) is 60.2 Å². The van der Waals surface area contributed by atoms with Crippen molar-refractivity contribution in [3.63, 3.8) is 0 Å². The number of likely N-dealkylation sites (tertiary alicyclic amines) is 1. The predicted octanol–water partition coefficient (Wildman–Crippen LogP) is 3.42. The Balaban J connectivity index is 1.58. The Morgan fingerprint density at radius 2 is 1.50 bits per heavy atom. The van der Waals surface area contributed by atoms with Gasteiger partial charge in [-0.25, -0.2) is 0 Å². The van der Waals surface area contributed by atoms with Gasteiger partial charge in [0.2, 0.25) is 5.91 Å². The van der Waals surface area contributed by atoms with Gasteiger partial charge in [0.1, 0.15) is 11.5 Å². The van der Waals surface area contributed by atoms with Crippen LogP contribution in [-0.4, -0.2) is 48.8 Å². The summed E-state index contributed by atoms with van der Waals surface area (Å²) < 4.78 is 5.75. The molecule has 5 heteroatoms. The maximum absolute atomic E-state index is 12.7. The Hall–Kier alpha value is -2.82. The van der Waals surface area contributed by atoms with Gasteiger partial charge in [-0.1, -0.05) is 18.2 Å².